The van der Waals surface area contributed by atoms with Crippen molar-refractivity contribution in [1.29, 1.82) is 5.26 Å². The first-order valence-electron chi connectivity index (χ1n) is 7.20. The highest BCUT2D eigenvalue weighted by Gasteiger charge is 2.40. The lowest BCUT2D eigenvalue weighted by atomic mass is 10.0. The highest BCUT2D eigenvalue weighted by Crippen LogP contribution is 2.40. The van der Waals surface area contributed by atoms with E-state index in [0.717, 1.165) is 18.4 Å². The van der Waals surface area contributed by atoms with E-state index in [2.05, 4.69) is 28.2 Å². The Morgan fingerprint density at radius 1 is 1.20 bits per heavy atom. The normalized spacial score (nSPS) is 24.4. The van der Waals surface area contributed by atoms with Crippen LogP contribution in [0.15, 0.2) is 41.7 Å². The molecule has 2 aliphatic rings. The quantitative estimate of drug-likeness (QED) is 0.895. The summed E-state index contributed by atoms with van der Waals surface area (Å²) in [5.41, 5.74) is 8.07. The zero-order chi connectivity index (χ0) is 14.1. The molecule has 0 saturated heterocycles. The van der Waals surface area contributed by atoms with Gasteiger partial charge in [-0.1, -0.05) is 43.2 Å². The van der Waals surface area contributed by atoms with Gasteiger partial charge in [-0.05, 0) is 18.4 Å². The zero-order valence-electron chi connectivity index (χ0n) is 11.8. The van der Waals surface area contributed by atoms with Crippen LogP contribution in [0.4, 0.5) is 0 Å². The van der Waals surface area contributed by atoms with E-state index in [1.165, 1.54) is 12.8 Å². The fraction of sp³-hybridized carbons (Fsp3) is 0.438. The van der Waals surface area contributed by atoms with Gasteiger partial charge in [-0.15, -0.1) is 0 Å². The molecule has 0 amide bonds. The smallest absolute Gasteiger partial charge is 0.130 e. The van der Waals surface area contributed by atoms with Gasteiger partial charge in [-0.3, -0.25) is 5.01 Å². The lowest BCUT2D eigenvalue weighted by Gasteiger charge is -2.36. The van der Waals surface area contributed by atoms with Gasteiger partial charge in [-0.2, -0.15) is 5.26 Å². The summed E-state index contributed by atoms with van der Waals surface area (Å²) >= 11 is 0. The van der Waals surface area contributed by atoms with Gasteiger partial charge in [0.25, 0.3) is 0 Å². The van der Waals surface area contributed by atoms with Crippen LogP contribution in [0.2, 0.25) is 0 Å². The third-order valence-electron chi connectivity index (χ3n) is 4.42. The first-order valence-corrected chi connectivity index (χ1v) is 7.20. The summed E-state index contributed by atoms with van der Waals surface area (Å²) in [4.78, 5) is 0. The molecule has 1 saturated carbocycles. The van der Waals surface area contributed by atoms with E-state index in [9.17, 15) is 5.26 Å². The second-order valence-electron chi connectivity index (χ2n) is 5.58. The van der Waals surface area contributed by atoms with E-state index in [-0.39, 0.29) is 6.04 Å². The van der Waals surface area contributed by atoms with Gasteiger partial charge >= 0.3 is 0 Å². The van der Waals surface area contributed by atoms with Gasteiger partial charge in [0.05, 0.1) is 11.6 Å². The van der Waals surface area contributed by atoms with Gasteiger partial charge in [0.15, 0.2) is 0 Å². The van der Waals surface area contributed by atoms with Crippen LogP contribution in [0.5, 0.6) is 0 Å². The Bertz CT molecular complexity index is 552. The summed E-state index contributed by atoms with van der Waals surface area (Å²) in [7, 11) is 2.03. The molecule has 4 nitrogen and oxygen atoms in total. The molecule has 1 aromatic carbocycles. The third kappa shape index (κ3) is 1.95. The van der Waals surface area contributed by atoms with E-state index in [0.29, 0.717) is 17.4 Å². The molecule has 4 heteroatoms. The number of nitriles is 1. The van der Waals surface area contributed by atoms with Crippen LogP contribution in [-0.2, 0) is 0 Å². The number of rotatable bonds is 2. The van der Waals surface area contributed by atoms with E-state index >= 15 is 0 Å². The van der Waals surface area contributed by atoms with Crippen LogP contribution in [0.3, 0.4) is 0 Å². The number of nitrogens with zero attached hydrogens (tertiary/aromatic N) is 3. The van der Waals surface area contributed by atoms with E-state index in [4.69, 9.17) is 5.73 Å². The SMILES string of the molecule is CN1C(c2ccccc2)C(C#N)=C(N)N1C1CCCC1. The predicted molar refractivity (Wildman–Crippen MR) is 77.9 cm³/mol. The predicted octanol–water partition coefficient (Wildman–Crippen LogP) is 2.53. The van der Waals surface area contributed by atoms with Crippen LogP contribution in [-0.4, -0.2) is 23.1 Å². The van der Waals surface area contributed by atoms with E-state index in [1.807, 2.05) is 25.2 Å². The standard InChI is InChI=1S/C16H20N4/c1-19-15(12-7-3-2-4-8-12)14(11-17)16(18)20(19)13-9-5-6-10-13/h2-4,7-8,13,15H,5-6,9-10,18H2,1H3. The molecule has 0 spiro atoms. The molecule has 0 bridgehead atoms. The minimum atomic E-state index is -0.0539. The first-order chi connectivity index (χ1) is 9.74. The average Bonchev–Trinajstić information content (AvgIpc) is 3.06. The molecular weight excluding hydrogens is 248 g/mol. The van der Waals surface area contributed by atoms with Gasteiger partial charge in [-0.25, -0.2) is 5.01 Å². The molecule has 104 valence electrons. The summed E-state index contributed by atoms with van der Waals surface area (Å²) < 4.78 is 0. The van der Waals surface area contributed by atoms with Gasteiger partial charge in [0, 0.05) is 13.1 Å². The van der Waals surface area contributed by atoms with Crippen molar-refractivity contribution in [1.82, 2.24) is 10.0 Å². The molecule has 1 aromatic rings. The lowest BCUT2D eigenvalue weighted by molar-refractivity contribution is -0.00487. The zero-order valence-corrected chi connectivity index (χ0v) is 11.8. The monoisotopic (exact) mass is 268 g/mol. The van der Waals surface area contributed by atoms with Crippen LogP contribution in [0.25, 0.3) is 0 Å². The summed E-state index contributed by atoms with van der Waals surface area (Å²) in [6, 6.07) is 12.8. The van der Waals surface area contributed by atoms with Crippen molar-refractivity contribution in [2.75, 3.05) is 7.05 Å². The molecule has 0 radical (unpaired) electrons. The number of nitrogens with two attached hydrogens (primary N) is 1. The highest BCUT2D eigenvalue weighted by molar-refractivity contribution is 5.41. The Labute approximate surface area is 120 Å². The summed E-state index contributed by atoms with van der Waals surface area (Å²) in [5.74, 6) is 0.635. The van der Waals surface area contributed by atoms with Crippen molar-refractivity contribution in [3.8, 4) is 6.07 Å². The van der Waals surface area contributed by atoms with Crippen LogP contribution in [0, 0.1) is 11.3 Å². The highest BCUT2D eigenvalue weighted by atomic mass is 15.7. The Morgan fingerprint density at radius 3 is 2.45 bits per heavy atom. The number of benzene rings is 1. The molecule has 2 N–H and O–H groups in total. The molecule has 1 aliphatic carbocycles. The van der Waals surface area contributed by atoms with E-state index < -0.39 is 0 Å². The minimum absolute atomic E-state index is 0.0539. The fourth-order valence-electron chi connectivity index (χ4n) is 3.48. The molecule has 1 fully saturated rings. The summed E-state index contributed by atoms with van der Waals surface area (Å²) in [6.45, 7) is 0. The maximum Gasteiger partial charge on any atom is 0.130 e. The number of likely N-dealkylation sites (N-methyl/N-ethyl adjacent to an activating group) is 1. The van der Waals surface area contributed by atoms with Gasteiger partial charge in [0.1, 0.15) is 11.9 Å². The number of hydrogen-bond acceptors (Lipinski definition) is 4. The average molecular weight is 268 g/mol. The molecule has 3 rings (SSSR count). The van der Waals surface area contributed by atoms with Crippen molar-refractivity contribution in [2.45, 2.75) is 37.8 Å². The Balaban J connectivity index is 1.98. The summed E-state index contributed by atoms with van der Waals surface area (Å²) in [6.07, 6.45) is 4.82. The Hall–Kier alpha value is -1.99. The number of hydrogen-bond donors (Lipinski definition) is 1. The molecule has 1 aliphatic heterocycles. The molecule has 1 atom stereocenters. The van der Waals surface area contributed by atoms with Crippen LogP contribution < -0.4 is 5.73 Å². The minimum Gasteiger partial charge on any atom is -0.383 e. The second kappa shape index (κ2) is 5.18. The third-order valence-corrected chi connectivity index (χ3v) is 4.42. The molecule has 20 heavy (non-hydrogen) atoms. The maximum absolute atomic E-state index is 9.51. The van der Waals surface area contributed by atoms with E-state index in [1.54, 1.807) is 0 Å². The Morgan fingerprint density at radius 2 is 1.85 bits per heavy atom. The topological polar surface area (TPSA) is 56.3 Å². The molecule has 1 unspecified atom stereocenters. The van der Waals surface area contributed by atoms with Crippen molar-refractivity contribution in [3.63, 3.8) is 0 Å². The molecule has 0 aromatic heterocycles. The Kier molecular flexibility index (Phi) is 3.37. The largest absolute Gasteiger partial charge is 0.383 e. The van der Waals surface area contributed by atoms with Crippen LogP contribution in [0.1, 0.15) is 37.3 Å². The number of hydrazine groups is 1. The van der Waals surface area contributed by atoms with Crippen molar-refractivity contribution < 1.29 is 0 Å². The van der Waals surface area contributed by atoms with Crippen LogP contribution >= 0.6 is 0 Å². The second-order valence-corrected chi connectivity index (χ2v) is 5.58. The van der Waals surface area contributed by atoms with Gasteiger partial charge in [0.2, 0.25) is 0 Å². The van der Waals surface area contributed by atoms with Crippen molar-refractivity contribution >= 4 is 0 Å². The fourth-order valence-corrected chi connectivity index (χ4v) is 3.48. The molecular formula is C16H20N4. The maximum atomic E-state index is 9.51. The molecule has 1 heterocycles. The lowest BCUT2D eigenvalue weighted by Crippen LogP contribution is -2.43. The van der Waals surface area contributed by atoms with Crippen molar-refractivity contribution in [2.24, 2.45) is 5.73 Å². The summed E-state index contributed by atoms with van der Waals surface area (Å²) in [5, 5.41) is 13.8. The van der Waals surface area contributed by atoms with Gasteiger partial charge < -0.3 is 5.73 Å². The first kappa shape index (κ1) is 13.0. The van der Waals surface area contributed by atoms with Crippen molar-refractivity contribution in [3.05, 3.63) is 47.3 Å².